The summed E-state index contributed by atoms with van der Waals surface area (Å²) in [4.78, 5) is 39.9. The van der Waals surface area contributed by atoms with Gasteiger partial charge in [0.25, 0.3) is 0 Å². The molecule has 2 aliphatic rings. The lowest BCUT2D eigenvalue weighted by molar-refractivity contribution is -0.137. The van der Waals surface area contributed by atoms with Gasteiger partial charge in [-0.1, -0.05) is 13.3 Å². The van der Waals surface area contributed by atoms with E-state index in [2.05, 4.69) is 5.32 Å². The molecule has 0 radical (unpaired) electrons. The second-order valence-corrected chi connectivity index (χ2v) is 9.87. The first kappa shape index (κ1) is 29.6. The van der Waals surface area contributed by atoms with Gasteiger partial charge in [0.1, 0.15) is 18.5 Å². The number of hydrogen-bond donors (Lipinski definition) is 3. The van der Waals surface area contributed by atoms with E-state index < -0.39 is 30.1 Å². The van der Waals surface area contributed by atoms with Crippen LogP contribution in [0.15, 0.2) is 23.8 Å². The summed E-state index contributed by atoms with van der Waals surface area (Å²) in [5.41, 5.74) is 1.20. The van der Waals surface area contributed by atoms with Gasteiger partial charge in [-0.15, -0.1) is 0 Å². The summed E-state index contributed by atoms with van der Waals surface area (Å²) in [6, 6.07) is 2.35. The molecule has 4 atom stereocenters. The maximum absolute atomic E-state index is 13.3. The monoisotopic (exact) mass is 532 g/mol. The minimum Gasteiger partial charge on any atom is -0.493 e. The summed E-state index contributed by atoms with van der Waals surface area (Å²) in [6.45, 7) is 6.46. The smallest absolute Gasteiger partial charge is 0.247 e. The number of ether oxygens (including phenoxy) is 3. The first-order chi connectivity index (χ1) is 18.3. The fourth-order valence-electron chi connectivity index (χ4n) is 5.02. The number of aliphatic hydroxyl groups excluding tert-OH is 2. The Balaban J connectivity index is 2.04. The molecule has 0 fully saturated rings. The van der Waals surface area contributed by atoms with Gasteiger partial charge in [0.05, 0.1) is 31.8 Å². The molecule has 10 nitrogen and oxygen atoms in total. The fraction of sp³-hybridized carbons (Fsp3) is 0.607. The van der Waals surface area contributed by atoms with Crippen LogP contribution < -0.4 is 14.8 Å². The molecule has 0 saturated heterocycles. The van der Waals surface area contributed by atoms with Crippen molar-refractivity contribution in [3.8, 4) is 11.5 Å². The first-order valence-corrected chi connectivity index (χ1v) is 13.3. The number of hydrogen-bond acceptors (Lipinski definition) is 8. The van der Waals surface area contributed by atoms with E-state index in [1.165, 1.54) is 13.2 Å². The Bertz CT molecular complexity index is 1020. The number of fused-ring (bicyclic) bond motifs is 3. The highest BCUT2D eigenvalue weighted by molar-refractivity contribution is 5.96. The molecule has 0 bridgehead atoms. The second kappa shape index (κ2) is 13.7. The predicted octanol–water partition coefficient (Wildman–Crippen LogP) is 1.96. The van der Waals surface area contributed by atoms with Gasteiger partial charge < -0.3 is 34.6 Å². The quantitative estimate of drug-likeness (QED) is 0.245. The molecule has 0 aromatic heterocycles. The zero-order chi connectivity index (χ0) is 27.8. The Hall–Kier alpha value is -2.95. The number of nitrogens with one attached hydrogen (secondary N) is 1. The van der Waals surface area contributed by atoms with Crippen molar-refractivity contribution in [1.29, 1.82) is 0 Å². The van der Waals surface area contributed by atoms with Crippen molar-refractivity contribution >= 4 is 18.1 Å². The minimum absolute atomic E-state index is 0.0396. The van der Waals surface area contributed by atoms with Gasteiger partial charge in [0.15, 0.2) is 11.5 Å². The molecule has 2 amide bonds. The van der Waals surface area contributed by atoms with Crippen molar-refractivity contribution in [2.45, 2.75) is 76.7 Å². The molecule has 3 N–H and O–H groups in total. The Morgan fingerprint density at radius 1 is 1.26 bits per heavy atom. The van der Waals surface area contributed by atoms with Crippen molar-refractivity contribution in [3.05, 3.63) is 34.9 Å². The standard InChI is InChI=1S/C28H40N2O8/c1-5-6-8-23(33)30(10-7-12-37-17(2)3)21-15-20(28(35)29-9-11-31)24-19-13-18(16-32)14-22(36-4)26(19)38-27(24)25(21)34/h13-17,21,24-25,27,31,34H,5-12H2,1-4H3,(H,29,35)/t21-,24+,25+,27+/m1/s1. The van der Waals surface area contributed by atoms with Crippen LogP contribution in [-0.2, 0) is 14.3 Å². The van der Waals surface area contributed by atoms with E-state index in [0.717, 1.165) is 6.42 Å². The zero-order valence-corrected chi connectivity index (χ0v) is 22.6. The van der Waals surface area contributed by atoms with Crippen LogP contribution in [0, 0.1) is 0 Å². The van der Waals surface area contributed by atoms with Crippen LogP contribution in [0.2, 0.25) is 0 Å². The second-order valence-electron chi connectivity index (χ2n) is 9.87. The Labute approximate surface area is 223 Å². The number of amides is 2. The van der Waals surface area contributed by atoms with Crippen LogP contribution in [0.5, 0.6) is 11.5 Å². The van der Waals surface area contributed by atoms with Crippen molar-refractivity contribution in [3.63, 3.8) is 0 Å². The van der Waals surface area contributed by atoms with E-state index in [4.69, 9.17) is 14.2 Å². The molecule has 0 unspecified atom stereocenters. The minimum atomic E-state index is -1.15. The predicted molar refractivity (Wildman–Crippen MR) is 140 cm³/mol. The number of rotatable bonds is 14. The van der Waals surface area contributed by atoms with Crippen molar-refractivity contribution in [2.24, 2.45) is 0 Å². The van der Waals surface area contributed by atoms with Crippen molar-refractivity contribution in [2.75, 3.05) is 33.4 Å². The van der Waals surface area contributed by atoms with Crippen molar-refractivity contribution < 1.29 is 38.8 Å². The lowest BCUT2D eigenvalue weighted by atomic mass is 9.77. The number of benzene rings is 1. The van der Waals surface area contributed by atoms with Gasteiger partial charge in [0.2, 0.25) is 11.8 Å². The van der Waals surface area contributed by atoms with Crippen LogP contribution in [0.3, 0.4) is 0 Å². The topological polar surface area (TPSA) is 135 Å². The molecule has 1 aromatic carbocycles. The van der Waals surface area contributed by atoms with Gasteiger partial charge in [-0.3, -0.25) is 14.4 Å². The van der Waals surface area contributed by atoms with Gasteiger partial charge >= 0.3 is 0 Å². The van der Waals surface area contributed by atoms with E-state index in [1.54, 1.807) is 17.0 Å². The lowest BCUT2D eigenvalue weighted by Crippen LogP contribution is -2.56. The lowest BCUT2D eigenvalue weighted by Gasteiger charge is -2.41. The Kier molecular flexibility index (Phi) is 10.7. The summed E-state index contributed by atoms with van der Waals surface area (Å²) in [5, 5.41) is 23.5. The molecular formula is C28H40N2O8. The number of nitrogens with zero attached hydrogens (tertiary/aromatic N) is 1. The third-order valence-electron chi connectivity index (χ3n) is 6.83. The molecule has 1 aliphatic carbocycles. The van der Waals surface area contributed by atoms with Crippen molar-refractivity contribution in [1.82, 2.24) is 10.2 Å². The van der Waals surface area contributed by atoms with Crippen LogP contribution >= 0.6 is 0 Å². The molecule has 1 aliphatic heterocycles. The summed E-state index contributed by atoms with van der Waals surface area (Å²) in [5.74, 6) is -0.591. The van der Waals surface area contributed by atoms with Gasteiger partial charge in [-0.2, -0.15) is 0 Å². The molecule has 3 rings (SSSR count). The number of methoxy groups -OCH3 is 1. The number of unbranched alkanes of at least 4 members (excludes halogenated alkanes) is 1. The molecular weight excluding hydrogens is 492 g/mol. The zero-order valence-electron chi connectivity index (χ0n) is 22.6. The molecule has 0 saturated carbocycles. The van der Waals surface area contributed by atoms with Gasteiger partial charge in [-0.25, -0.2) is 0 Å². The molecule has 10 heteroatoms. The normalized spacial score (nSPS) is 21.7. The third-order valence-corrected chi connectivity index (χ3v) is 6.83. The van der Waals surface area contributed by atoms with E-state index >= 15 is 0 Å². The van der Waals surface area contributed by atoms with Gasteiger partial charge in [0, 0.05) is 42.8 Å². The Morgan fingerprint density at radius 2 is 2.03 bits per heavy atom. The van der Waals surface area contributed by atoms with E-state index in [1.807, 2.05) is 20.8 Å². The fourth-order valence-corrected chi connectivity index (χ4v) is 5.02. The van der Waals surface area contributed by atoms with E-state index in [9.17, 15) is 24.6 Å². The number of carbonyl (C=O) groups is 3. The molecule has 1 heterocycles. The third kappa shape index (κ3) is 6.54. The largest absolute Gasteiger partial charge is 0.493 e. The summed E-state index contributed by atoms with van der Waals surface area (Å²) >= 11 is 0. The van der Waals surface area contributed by atoms with Crippen LogP contribution in [-0.4, -0.2) is 91.0 Å². The highest BCUT2D eigenvalue weighted by atomic mass is 16.5. The average molecular weight is 533 g/mol. The Morgan fingerprint density at radius 3 is 2.66 bits per heavy atom. The average Bonchev–Trinajstić information content (AvgIpc) is 3.30. The number of carbonyl (C=O) groups excluding carboxylic acids is 3. The highest BCUT2D eigenvalue weighted by Gasteiger charge is 2.51. The van der Waals surface area contributed by atoms with E-state index in [0.29, 0.717) is 66.9 Å². The molecule has 38 heavy (non-hydrogen) atoms. The number of aldehydes is 1. The summed E-state index contributed by atoms with van der Waals surface area (Å²) < 4.78 is 17.3. The highest BCUT2D eigenvalue weighted by Crippen LogP contribution is 2.51. The molecule has 210 valence electrons. The summed E-state index contributed by atoms with van der Waals surface area (Å²) in [7, 11) is 1.45. The van der Waals surface area contributed by atoms with Crippen LogP contribution in [0.4, 0.5) is 0 Å². The van der Waals surface area contributed by atoms with E-state index in [-0.39, 0.29) is 25.2 Å². The molecule has 0 spiro atoms. The van der Waals surface area contributed by atoms with Gasteiger partial charge in [-0.05, 0) is 44.9 Å². The SMILES string of the molecule is CCCCC(=O)N(CCCOC(C)C)[C@@H]1C=C(C(=O)NCCO)[C@@H]2c3cc(C=O)cc(OC)c3O[C@@H]2[C@H]1O. The van der Waals surface area contributed by atoms with Crippen LogP contribution in [0.25, 0.3) is 0 Å². The molecule has 1 aromatic rings. The summed E-state index contributed by atoms with van der Waals surface area (Å²) in [6.07, 6.45) is 2.75. The number of aliphatic hydroxyl groups is 2. The maximum atomic E-state index is 13.3. The van der Waals surface area contributed by atoms with Crippen LogP contribution in [0.1, 0.15) is 68.3 Å². The first-order valence-electron chi connectivity index (χ1n) is 13.3. The maximum Gasteiger partial charge on any atom is 0.247 e.